The van der Waals surface area contributed by atoms with Gasteiger partial charge >= 0.3 is 5.97 Å². The fraction of sp³-hybridized carbons (Fsp3) is 0.448. The molecule has 1 aliphatic heterocycles. The maximum Gasteiger partial charge on any atom is 0.335 e. The third-order valence-electron chi connectivity index (χ3n) is 7.79. The average Bonchev–Trinajstić information content (AvgIpc) is 3.18. The number of nitrogens with zero attached hydrogens (tertiary/aromatic N) is 3. The van der Waals surface area contributed by atoms with E-state index in [1.165, 1.54) is 25.0 Å². The van der Waals surface area contributed by atoms with E-state index in [0.717, 1.165) is 68.9 Å². The van der Waals surface area contributed by atoms with Crippen LogP contribution in [0.1, 0.15) is 58.2 Å². The molecule has 7 heteroatoms. The van der Waals surface area contributed by atoms with Crippen LogP contribution in [0.3, 0.4) is 0 Å². The average molecular weight is 492 g/mol. The van der Waals surface area contributed by atoms with Crippen molar-refractivity contribution in [2.75, 3.05) is 39.3 Å². The highest BCUT2D eigenvalue weighted by Crippen LogP contribution is 2.36. The fourth-order valence-corrected chi connectivity index (χ4v) is 5.74. The van der Waals surface area contributed by atoms with Gasteiger partial charge in [0, 0.05) is 67.3 Å². The number of hydrogen-bond acceptors (Lipinski definition) is 4. The molecular formula is C29H34FN3O3. The zero-order chi connectivity index (χ0) is 25.2. The summed E-state index contributed by atoms with van der Waals surface area (Å²) in [5, 5.41) is 9.88. The van der Waals surface area contributed by atoms with E-state index >= 15 is 0 Å². The topological polar surface area (TPSA) is 65.8 Å². The SMILES string of the molecule is CCCCN1CCN(CC2CCc3c(c4cc(F)ccc4n3Cc3ccc(C(=O)O)cc3)C2=O)CC1. The van der Waals surface area contributed by atoms with Gasteiger partial charge in [0.2, 0.25) is 0 Å². The van der Waals surface area contributed by atoms with Gasteiger partial charge in [0.1, 0.15) is 5.82 Å². The molecule has 0 spiro atoms. The molecule has 0 bridgehead atoms. The molecule has 1 aromatic heterocycles. The van der Waals surface area contributed by atoms with Crippen LogP contribution in [0.15, 0.2) is 42.5 Å². The smallest absolute Gasteiger partial charge is 0.335 e. The number of unbranched alkanes of at least 4 members (excludes halogenated alkanes) is 1. The van der Waals surface area contributed by atoms with Gasteiger partial charge < -0.3 is 19.5 Å². The predicted octanol–water partition coefficient (Wildman–Crippen LogP) is 4.69. The molecule has 36 heavy (non-hydrogen) atoms. The Hall–Kier alpha value is -3.03. The minimum absolute atomic E-state index is 0.0724. The van der Waals surface area contributed by atoms with E-state index in [1.54, 1.807) is 30.3 Å². The normalized spacial score (nSPS) is 19.1. The number of halogens is 1. The van der Waals surface area contributed by atoms with E-state index in [0.29, 0.717) is 17.5 Å². The Morgan fingerprint density at radius 1 is 1.06 bits per heavy atom. The van der Waals surface area contributed by atoms with Crippen LogP contribution in [0.4, 0.5) is 4.39 Å². The molecule has 1 aliphatic carbocycles. The molecule has 190 valence electrons. The monoisotopic (exact) mass is 491 g/mol. The summed E-state index contributed by atoms with van der Waals surface area (Å²) in [7, 11) is 0. The molecular weight excluding hydrogens is 457 g/mol. The molecule has 1 fully saturated rings. The number of carbonyl (C=O) groups excluding carboxylic acids is 1. The first-order valence-corrected chi connectivity index (χ1v) is 13.1. The summed E-state index contributed by atoms with van der Waals surface area (Å²) < 4.78 is 16.4. The Morgan fingerprint density at radius 2 is 1.78 bits per heavy atom. The Labute approximate surface area is 211 Å². The highest BCUT2D eigenvalue weighted by atomic mass is 19.1. The minimum atomic E-state index is -0.958. The van der Waals surface area contributed by atoms with E-state index < -0.39 is 5.97 Å². The van der Waals surface area contributed by atoms with Gasteiger partial charge in [0.25, 0.3) is 0 Å². The van der Waals surface area contributed by atoms with Crippen molar-refractivity contribution in [1.82, 2.24) is 14.4 Å². The number of carboxylic acid groups (broad SMARTS) is 1. The number of hydrogen-bond donors (Lipinski definition) is 1. The second-order valence-corrected chi connectivity index (χ2v) is 10.2. The van der Waals surface area contributed by atoms with Crippen molar-refractivity contribution in [3.63, 3.8) is 0 Å². The second kappa shape index (κ2) is 10.5. The number of carboxylic acids is 1. The maximum absolute atomic E-state index is 14.3. The van der Waals surface area contributed by atoms with Crippen molar-refractivity contribution < 1.29 is 19.1 Å². The molecule has 0 amide bonds. The van der Waals surface area contributed by atoms with E-state index in [4.69, 9.17) is 0 Å². The largest absolute Gasteiger partial charge is 0.478 e. The van der Waals surface area contributed by atoms with E-state index in [9.17, 15) is 19.1 Å². The van der Waals surface area contributed by atoms with Gasteiger partial charge in [-0.25, -0.2) is 9.18 Å². The predicted molar refractivity (Wildman–Crippen MR) is 138 cm³/mol. The summed E-state index contributed by atoms with van der Waals surface area (Å²) in [6, 6.07) is 11.5. The van der Waals surface area contributed by atoms with Crippen LogP contribution >= 0.6 is 0 Å². The molecule has 1 saturated heterocycles. The zero-order valence-electron chi connectivity index (χ0n) is 20.9. The van der Waals surface area contributed by atoms with Crippen LogP contribution in [0, 0.1) is 11.7 Å². The number of carbonyl (C=O) groups is 2. The third kappa shape index (κ3) is 4.95. The van der Waals surface area contributed by atoms with Crippen LogP contribution in [0.2, 0.25) is 0 Å². The van der Waals surface area contributed by atoms with Crippen molar-refractivity contribution in [2.45, 2.75) is 39.2 Å². The number of benzene rings is 2. The molecule has 1 atom stereocenters. The van der Waals surface area contributed by atoms with Crippen LogP contribution in [0.25, 0.3) is 10.9 Å². The molecule has 1 N–H and O–H groups in total. The number of rotatable bonds is 8. The quantitative estimate of drug-likeness (QED) is 0.495. The van der Waals surface area contributed by atoms with Crippen LogP contribution in [-0.2, 0) is 13.0 Å². The zero-order valence-corrected chi connectivity index (χ0v) is 20.9. The minimum Gasteiger partial charge on any atom is -0.478 e. The lowest BCUT2D eigenvalue weighted by Crippen LogP contribution is -2.49. The Balaban J connectivity index is 1.38. The van der Waals surface area contributed by atoms with Gasteiger partial charge in [-0.15, -0.1) is 0 Å². The highest BCUT2D eigenvalue weighted by Gasteiger charge is 2.34. The van der Waals surface area contributed by atoms with Crippen LogP contribution < -0.4 is 0 Å². The first-order chi connectivity index (χ1) is 17.4. The summed E-state index contributed by atoms with van der Waals surface area (Å²) in [5.41, 5.74) is 3.67. The molecule has 5 rings (SSSR count). The first-order valence-electron chi connectivity index (χ1n) is 13.1. The Morgan fingerprint density at radius 3 is 2.47 bits per heavy atom. The molecule has 6 nitrogen and oxygen atoms in total. The summed E-state index contributed by atoms with van der Waals surface area (Å²) >= 11 is 0. The first kappa shape index (κ1) is 24.7. The van der Waals surface area contributed by atoms with Gasteiger partial charge in [-0.3, -0.25) is 4.79 Å². The lowest BCUT2D eigenvalue weighted by atomic mass is 9.84. The molecule has 0 radical (unpaired) electrons. The van der Waals surface area contributed by atoms with Gasteiger partial charge in [-0.2, -0.15) is 0 Å². The molecule has 2 heterocycles. The lowest BCUT2D eigenvalue weighted by Gasteiger charge is -2.37. The molecule has 2 aromatic carbocycles. The molecule has 1 unspecified atom stereocenters. The number of ketones is 1. The fourth-order valence-electron chi connectivity index (χ4n) is 5.74. The lowest BCUT2D eigenvalue weighted by molar-refractivity contribution is 0.0696. The third-order valence-corrected chi connectivity index (χ3v) is 7.79. The maximum atomic E-state index is 14.3. The second-order valence-electron chi connectivity index (χ2n) is 10.2. The summed E-state index contributed by atoms with van der Waals surface area (Å²) in [4.78, 5) is 29.9. The van der Waals surface area contributed by atoms with Gasteiger partial charge in [0.15, 0.2) is 5.78 Å². The summed E-state index contributed by atoms with van der Waals surface area (Å²) in [5.74, 6) is -1.25. The number of fused-ring (bicyclic) bond motifs is 3. The Kier molecular flexibility index (Phi) is 7.21. The van der Waals surface area contributed by atoms with E-state index in [-0.39, 0.29) is 23.1 Å². The van der Waals surface area contributed by atoms with Crippen molar-refractivity contribution in [2.24, 2.45) is 5.92 Å². The summed E-state index contributed by atoms with van der Waals surface area (Å²) in [6.07, 6.45) is 4.00. The number of aromatic carboxylic acids is 1. The standard InChI is InChI=1S/C29H34FN3O3/c1-2-3-12-31-13-15-32(16-14-31)19-22-8-10-26-27(28(22)34)24-17-23(30)9-11-25(24)33(26)18-20-4-6-21(7-5-20)29(35)36/h4-7,9,11,17,22H,2-3,8,10,12-16,18-19H2,1H3,(H,35,36). The van der Waals surface area contributed by atoms with Crippen LogP contribution in [0.5, 0.6) is 0 Å². The highest BCUT2D eigenvalue weighted by molar-refractivity contribution is 6.11. The van der Waals surface area contributed by atoms with Crippen LogP contribution in [-0.4, -0.2) is 70.5 Å². The number of piperazine rings is 1. The molecule has 0 saturated carbocycles. The van der Waals surface area contributed by atoms with Gasteiger partial charge in [0.05, 0.1) is 5.56 Å². The van der Waals surface area contributed by atoms with Crippen molar-refractivity contribution in [1.29, 1.82) is 0 Å². The number of Topliss-reactive ketones (excluding diaryl/α,β-unsaturated/α-hetero) is 1. The molecule has 3 aromatic rings. The Bertz CT molecular complexity index is 1260. The van der Waals surface area contributed by atoms with Crippen molar-refractivity contribution in [3.8, 4) is 0 Å². The van der Waals surface area contributed by atoms with Crippen molar-refractivity contribution >= 4 is 22.7 Å². The van der Waals surface area contributed by atoms with Crippen molar-refractivity contribution in [3.05, 3.63) is 70.7 Å². The van der Waals surface area contributed by atoms with Gasteiger partial charge in [-0.1, -0.05) is 25.5 Å². The van der Waals surface area contributed by atoms with E-state index in [1.807, 2.05) is 0 Å². The van der Waals surface area contributed by atoms with Gasteiger partial charge in [-0.05, 0) is 61.7 Å². The summed E-state index contributed by atoms with van der Waals surface area (Å²) in [6.45, 7) is 8.73. The number of aromatic nitrogens is 1. The molecule has 2 aliphatic rings. The van der Waals surface area contributed by atoms with E-state index in [2.05, 4.69) is 21.3 Å².